The van der Waals surface area contributed by atoms with E-state index in [1.807, 2.05) is 13.0 Å². The van der Waals surface area contributed by atoms with Gasteiger partial charge in [-0.15, -0.1) is 0 Å². The molecule has 0 aromatic carbocycles. The quantitative estimate of drug-likeness (QED) is 0.860. The zero-order valence-corrected chi connectivity index (χ0v) is 9.77. The van der Waals surface area contributed by atoms with Crippen LogP contribution in [-0.2, 0) is 0 Å². The number of aryl methyl sites for hydroxylation is 1. The average Bonchev–Trinajstić information content (AvgIpc) is 2.98. The summed E-state index contributed by atoms with van der Waals surface area (Å²) >= 11 is 0. The molecular formula is C12H15N3O2. The molecule has 1 fully saturated rings. The van der Waals surface area contributed by atoms with Crippen molar-refractivity contribution in [3.8, 4) is 11.4 Å². The number of furan rings is 1. The molecule has 1 aliphatic rings. The monoisotopic (exact) mass is 233 g/mol. The van der Waals surface area contributed by atoms with Gasteiger partial charge in [0.25, 0.3) is 0 Å². The number of nitrogens with one attached hydrogen (secondary N) is 1. The Bertz CT molecular complexity index is 497. The molecule has 1 atom stereocenters. The number of rotatable bonds is 2. The highest BCUT2D eigenvalue weighted by Gasteiger charge is 2.22. The van der Waals surface area contributed by atoms with Crippen LogP contribution in [-0.4, -0.2) is 23.2 Å². The molecule has 0 bridgehead atoms. The van der Waals surface area contributed by atoms with Crippen LogP contribution in [0.1, 0.15) is 30.4 Å². The molecule has 1 unspecified atom stereocenters. The summed E-state index contributed by atoms with van der Waals surface area (Å²) in [6, 6.07) is 1.86. The van der Waals surface area contributed by atoms with Gasteiger partial charge in [-0.05, 0) is 32.4 Å². The fourth-order valence-corrected chi connectivity index (χ4v) is 2.19. The molecule has 0 radical (unpaired) electrons. The van der Waals surface area contributed by atoms with E-state index in [-0.39, 0.29) is 0 Å². The van der Waals surface area contributed by atoms with Gasteiger partial charge in [-0.2, -0.15) is 4.98 Å². The molecule has 90 valence electrons. The average molecular weight is 233 g/mol. The number of aromatic nitrogens is 2. The second-order valence-electron chi connectivity index (χ2n) is 4.39. The Balaban J connectivity index is 1.85. The highest BCUT2D eigenvalue weighted by atomic mass is 16.5. The maximum Gasteiger partial charge on any atom is 0.231 e. The lowest BCUT2D eigenvalue weighted by molar-refractivity contribution is 0.322. The van der Waals surface area contributed by atoms with Gasteiger partial charge in [-0.25, -0.2) is 0 Å². The molecule has 1 N–H and O–H groups in total. The lowest BCUT2D eigenvalue weighted by Crippen LogP contribution is -2.28. The summed E-state index contributed by atoms with van der Waals surface area (Å²) in [5, 5.41) is 7.36. The molecule has 0 aliphatic carbocycles. The predicted molar refractivity (Wildman–Crippen MR) is 61.6 cm³/mol. The molecule has 1 saturated heterocycles. The first-order valence-corrected chi connectivity index (χ1v) is 5.93. The number of nitrogens with zero attached hydrogens (tertiary/aromatic N) is 2. The SMILES string of the molecule is Cc1occc1-c1noc(C2CCCNC2)n1. The molecule has 2 aromatic heterocycles. The van der Waals surface area contributed by atoms with Crippen molar-refractivity contribution < 1.29 is 8.94 Å². The number of hydrogen-bond acceptors (Lipinski definition) is 5. The van der Waals surface area contributed by atoms with Crippen molar-refractivity contribution in [2.75, 3.05) is 13.1 Å². The van der Waals surface area contributed by atoms with Crippen LogP contribution in [0, 0.1) is 6.92 Å². The van der Waals surface area contributed by atoms with E-state index in [0.717, 1.165) is 43.1 Å². The van der Waals surface area contributed by atoms with E-state index in [1.165, 1.54) is 0 Å². The Morgan fingerprint density at radius 3 is 3.12 bits per heavy atom. The third-order valence-electron chi connectivity index (χ3n) is 3.19. The Morgan fingerprint density at radius 2 is 2.41 bits per heavy atom. The summed E-state index contributed by atoms with van der Waals surface area (Å²) in [5.74, 6) is 2.51. The van der Waals surface area contributed by atoms with Crippen LogP contribution in [0.25, 0.3) is 11.4 Å². The van der Waals surface area contributed by atoms with E-state index in [1.54, 1.807) is 6.26 Å². The van der Waals surface area contributed by atoms with Crippen LogP contribution in [0.2, 0.25) is 0 Å². The van der Waals surface area contributed by atoms with Gasteiger partial charge < -0.3 is 14.3 Å². The highest BCUT2D eigenvalue weighted by Crippen LogP contribution is 2.26. The van der Waals surface area contributed by atoms with Crippen molar-refractivity contribution in [1.29, 1.82) is 0 Å². The molecule has 1 aliphatic heterocycles. The summed E-state index contributed by atoms with van der Waals surface area (Å²) in [4.78, 5) is 4.46. The Hall–Kier alpha value is -1.62. The summed E-state index contributed by atoms with van der Waals surface area (Å²) < 4.78 is 10.6. The first kappa shape index (κ1) is 10.5. The van der Waals surface area contributed by atoms with E-state index >= 15 is 0 Å². The van der Waals surface area contributed by atoms with E-state index in [0.29, 0.717) is 11.7 Å². The van der Waals surface area contributed by atoms with Crippen molar-refractivity contribution in [2.45, 2.75) is 25.7 Å². The maximum atomic E-state index is 5.34. The molecule has 3 rings (SSSR count). The minimum atomic E-state index is 0.345. The number of hydrogen-bond donors (Lipinski definition) is 1. The van der Waals surface area contributed by atoms with Gasteiger partial charge >= 0.3 is 0 Å². The number of piperidine rings is 1. The first-order chi connectivity index (χ1) is 8.34. The minimum absolute atomic E-state index is 0.345. The molecule has 0 spiro atoms. The largest absolute Gasteiger partial charge is 0.469 e. The summed E-state index contributed by atoms with van der Waals surface area (Å²) in [7, 11) is 0. The van der Waals surface area contributed by atoms with Crippen LogP contribution in [0.4, 0.5) is 0 Å². The highest BCUT2D eigenvalue weighted by molar-refractivity contribution is 5.56. The van der Waals surface area contributed by atoms with Crippen LogP contribution in [0.3, 0.4) is 0 Å². The summed E-state index contributed by atoms with van der Waals surface area (Å²) in [5.41, 5.74) is 0.906. The van der Waals surface area contributed by atoms with Crippen molar-refractivity contribution in [3.63, 3.8) is 0 Å². The molecule has 5 nitrogen and oxygen atoms in total. The fraction of sp³-hybridized carbons (Fsp3) is 0.500. The van der Waals surface area contributed by atoms with Gasteiger partial charge in [-0.3, -0.25) is 0 Å². The zero-order chi connectivity index (χ0) is 11.7. The Labute approximate surface area is 99.2 Å². The Kier molecular flexibility index (Phi) is 2.68. The van der Waals surface area contributed by atoms with Crippen LogP contribution in [0.15, 0.2) is 21.3 Å². The minimum Gasteiger partial charge on any atom is -0.469 e. The lowest BCUT2D eigenvalue weighted by atomic mass is 10.00. The molecule has 2 aromatic rings. The molecule has 3 heterocycles. The van der Waals surface area contributed by atoms with Gasteiger partial charge in [-0.1, -0.05) is 5.16 Å². The van der Waals surface area contributed by atoms with Gasteiger partial charge in [0.2, 0.25) is 11.7 Å². The topological polar surface area (TPSA) is 64.1 Å². The summed E-state index contributed by atoms with van der Waals surface area (Å²) in [6.07, 6.45) is 3.91. The second kappa shape index (κ2) is 4.33. The standard InChI is InChI=1S/C12H15N3O2/c1-8-10(4-6-16-8)11-14-12(17-15-11)9-3-2-5-13-7-9/h4,6,9,13H,2-3,5,7H2,1H3. The molecule has 5 heteroatoms. The fourth-order valence-electron chi connectivity index (χ4n) is 2.19. The molecule has 17 heavy (non-hydrogen) atoms. The third kappa shape index (κ3) is 1.98. The van der Waals surface area contributed by atoms with Crippen molar-refractivity contribution in [2.24, 2.45) is 0 Å². The lowest BCUT2D eigenvalue weighted by Gasteiger charge is -2.18. The van der Waals surface area contributed by atoms with Crippen molar-refractivity contribution >= 4 is 0 Å². The van der Waals surface area contributed by atoms with Gasteiger partial charge in [0.1, 0.15) is 5.76 Å². The van der Waals surface area contributed by atoms with Crippen LogP contribution < -0.4 is 5.32 Å². The first-order valence-electron chi connectivity index (χ1n) is 5.93. The Morgan fingerprint density at radius 1 is 1.47 bits per heavy atom. The normalized spacial score (nSPS) is 20.6. The van der Waals surface area contributed by atoms with Gasteiger partial charge in [0.05, 0.1) is 17.7 Å². The third-order valence-corrected chi connectivity index (χ3v) is 3.19. The van der Waals surface area contributed by atoms with E-state index in [2.05, 4.69) is 15.5 Å². The van der Waals surface area contributed by atoms with Gasteiger partial charge in [0.15, 0.2) is 0 Å². The smallest absolute Gasteiger partial charge is 0.231 e. The van der Waals surface area contributed by atoms with Crippen molar-refractivity contribution in [1.82, 2.24) is 15.5 Å². The van der Waals surface area contributed by atoms with Gasteiger partial charge in [0, 0.05) is 6.54 Å². The maximum absolute atomic E-state index is 5.34. The predicted octanol–water partition coefficient (Wildman–Crippen LogP) is 2.11. The molecular weight excluding hydrogens is 218 g/mol. The second-order valence-corrected chi connectivity index (χ2v) is 4.39. The van der Waals surface area contributed by atoms with E-state index in [9.17, 15) is 0 Å². The molecule has 0 amide bonds. The van der Waals surface area contributed by atoms with Crippen LogP contribution in [0.5, 0.6) is 0 Å². The zero-order valence-electron chi connectivity index (χ0n) is 9.77. The summed E-state index contributed by atoms with van der Waals surface area (Å²) in [6.45, 7) is 3.90. The van der Waals surface area contributed by atoms with E-state index in [4.69, 9.17) is 8.94 Å². The molecule has 0 saturated carbocycles. The van der Waals surface area contributed by atoms with Crippen molar-refractivity contribution in [3.05, 3.63) is 24.0 Å². The van der Waals surface area contributed by atoms with Crippen LogP contribution >= 0.6 is 0 Å². The van der Waals surface area contributed by atoms with E-state index < -0.39 is 0 Å².